The average Bonchev–Trinajstić information content (AvgIpc) is 3.00. The number of ketones is 1. The molecule has 0 aromatic carbocycles. The first-order chi connectivity index (χ1) is 23.1. The molecule has 14 heteroatoms. The maximum atomic E-state index is 14.3. The first-order valence-electron chi connectivity index (χ1n) is 16.7. The van der Waals surface area contributed by atoms with Crippen LogP contribution >= 0.6 is 0 Å². The molecule has 12 atom stereocenters. The van der Waals surface area contributed by atoms with E-state index in [1.165, 1.54) is 26.8 Å². The lowest BCUT2D eigenvalue weighted by molar-refractivity contribution is -0.343. The van der Waals surface area contributed by atoms with Crippen LogP contribution in [0.3, 0.4) is 0 Å². The van der Waals surface area contributed by atoms with E-state index in [1.54, 1.807) is 45.9 Å². The molecule has 4 rings (SSSR count). The second-order valence-corrected chi connectivity index (χ2v) is 15.2. The van der Waals surface area contributed by atoms with Crippen LogP contribution in [0.2, 0.25) is 0 Å². The normalized spacial score (nSPS) is 38.4. The highest BCUT2D eigenvalue weighted by Gasteiger charge is 2.75. The van der Waals surface area contributed by atoms with Crippen molar-refractivity contribution in [2.45, 2.75) is 128 Å². The van der Waals surface area contributed by atoms with Gasteiger partial charge in [-0.2, -0.15) is 0 Å². The van der Waals surface area contributed by atoms with Gasteiger partial charge in [0.1, 0.15) is 29.5 Å². The summed E-state index contributed by atoms with van der Waals surface area (Å²) in [7, 11) is 0. The fourth-order valence-corrected chi connectivity index (χ4v) is 8.14. The third-order valence-electron chi connectivity index (χ3n) is 10.8. The van der Waals surface area contributed by atoms with Crippen LogP contribution in [0.15, 0.2) is 47.6 Å². The van der Waals surface area contributed by atoms with Crippen LogP contribution in [0.25, 0.3) is 0 Å². The van der Waals surface area contributed by atoms with Gasteiger partial charge in [0.25, 0.3) is 0 Å². The van der Waals surface area contributed by atoms with E-state index in [2.05, 4.69) is 11.9 Å². The van der Waals surface area contributed by atoms with Crippen LogP contribution in [-0.2, 0) is 33.3 Å². The number of carbonyl (C=O) groups is 4. The Morgan fingerprint density at radius 1 is 1.14 bits per heavy atom. The smallest absolute Gasteiger partial charge is 0.408 e. The van der Waals surface area contributed by atoms with E-state index in [-0.39, 0.29) is 24.2 Å². The first-order valence-corrected chi connectivity index (χ1v) is 16.7. The van der Waals surface area contributed by atoms with Crippen molar-refractivity contribution in [2.24, 2.45) is 17.3 Å². The zero-order valence-corrected chi connectivity index (χ0v) is 29.8. The van der Waals surface area contributed by atoms with Gasteiger partial charge in [0.15, 0.2) is 17.5 Å². The lowest BCUT2D eigenvalue weighted by Crippen LogP contribution is -2.80. The number of alkyl carbamates (subject to hydrolysis) is 1. The quantitative estimate of drug-likeness (QED) is 0.0910. The molecule has 278 valence electrons. The molecule has 1 aliphatic heterocycles. The summed E-state index contributed by atoms with van der Waals surface area (Å²) < 4.78 is 22.5. The van der Waals surface area contributed by atoms with Crippen molar-refractivity contribution >= 4 is 23.8 Å². The van der Waals surface area contributed by atoms with Gasteiger partial charge in [-0.05, 0) is 58.3 Å². The summed E-state index contributed by atoms with van der Waals surface area (Å²) in [6, 6.07) is -1.34. The second kappa shape index (κ2) is 14.0. The summed E-state index contributed by atoms with van der Waals surface area (Å²) in [4.78, 5) is 53.0. The molecule has 14 nitrogen and oxygen atoms in total. The van der Waals surface area contributed by atoms with E-state index in [0.29, 0.717) is 5.57 Å². The molecule has 50 heavy (non-hydrogen) atoms. The van der Waals surface area contributed by atoms with Crippen LogP contribution in [0, 0.1) is 17.3 Å². The molecule has 0 radical (unpaired) electrons. The Morgan fingerprint density at radius 3 is 2.32 bits per heavy atom. The highest BCUT2D eigenvalue weighted by Crippen LogP contribution is 2.60. The minimum Gasteiger partial charge on any atom is -0.456 e. The van der Waals surface area contributed by atoms with Crippen molar-refractivity contribution in [3.8, 4) is 0 Å². The average molecular weight is 706 g/mol. The number of ether oxygens (including phenoxy) is 4. The van der Waals surface area contributed by atoms with E-state index in [0.717, 1.165) is 6.92 Å². The Hall–Kier alpha value is -3.40. The minimum absolute atomic E-state index is 0.0236. The van der Waals surface area contributed by atoms with Gasteiger partial charge < -0.3 is 49.8 Å². The van der Waals surface area contributed by atoms with Gasteiger partial charge in [-0.25, -0.2) is 9.59 Å². The van der Waals surface area contributed by atoms with Gasteiger partial charge in [0.2, 0.25) is 0 Å². The maximum Gasteiger partial charge on any atom is 0.408 e. The molecule has 6 N–H and O–H groups in total. The standard InChI is InChI=1S/C36H51NO13/c1-10-11-12-13-17(2)25(37-32(45)50-33(6,7)8)27(41)31(44)48-21-15-35(46)19(4)24(18(21)3)26(40)29(42)34(9)22(39)14-23-36(16-47-23,49-20(5)38)28(34)30(35)43/h10-13,19,21-23,25-28,30,39-41,43,46H,1,14-16H2,2-9H3,(H,37,45)/b12-11-,17-13+/t19?,21-,22-,23+,25-,26+,27+,28?,30-,34+,35-,36-/m0/s1. The van der Waals surface area contributed by atoms with Crippen molar-refractivity contribution in [1.82, 2.24) is 5.32 Å². The molecule has 0 aromatic rings. The topological polar surface area (TPSA) is 218 Å². The summed E-state index contributed by atoms with van der Waals surface area (Å²) in [5, 5.41) is 61.4. The summed E-state index contributed by atoms with van der Waals surface area (Å²) in [6.07, 6.45) is -4.82. The summed E-state index contributed by atoms with van der Waals surface area (Å²) in [6.45, 7) is 15.4. The number of rotatable bonds is 8. The summed E-state index contributed by atoms with van der Waals surface area (Å²) >= 11 is 0. The molecular weight excluding hydrogens is 654 g/mol. The number of fused-ring (bicyclic) bond motifs is 5. The van der Waals surface area contributed by atoms with Crippen molar-refractivity contribution < 1.29 is 63.7 Å². The Morgan fingerprint density at radius 2 is 1.78 bits per heavy atom. The van der Waals surface area contributed by atoms with Crippen molar-refractivity contribution in [1.29, 1.82) is 0 Å². The van der Waals surface area contributed by atoms with Gasteiger partial charge in [0, 0.05) is 31.6 Å². The monoisotopic (exact) mass is 705 g/mol. The number of hydrogen-bond donors (Lipinski definition) is 6. The fraction of sp³-hybridized carbons (Fsp3) is 0.667. The molecule has 1 heterocycles. The van der Waals surface area contributed by atoms with Gasteiger partial charge in [-0.1, -0.05) is 37.8 Å². The Labute approximate surface area is 291 Å². The van der Waals surface area contributed by atoms with Crippen LogP contribution in [0.4, 0.5) is 4.79 Å². The van der Waals surface area contributed by atoms with Crippen molar-refractivity contribution in [2.75, 3.05) is 6.61 Å². The number of hydrogen-bond acceptors (Lipinski definition) is 13. The van der Waals surface area contributed by atoms with Gasteiger partial charge in [-0.15, -0.1) is 0 Å². The van der Waals surface area contributed by atoms with E-state index < -0.39 is 107 Å². The Bertz CT molecular complexity index is 1490. The molecule has 0 spiro atoms. The van der Waals surface area contributed by atoms with E-state index in [1.807, 2.05) is 0 Å². The highest BCUT2D eigenvalue weighted by atomic mass is 16.6. The SMILES string of the molecule is C=C/C=C\C=C(/C)[C@H](NC(=O)OC(C)(C)C)[C@@H](O)C(=O)O[C@H]1C[C@]2(O)C(C)C(=C1C)[C@@H](O)C(=O)[C@@]1(C)C([C@@H]2O)[C@]2(OC(C)=O)CO[C@@H]2C[C@@H]1O. The Kier molecular flexibility index (Phi) is 11.0. The van der Waals surface area contributed by atoms with Crippen molar-refractivity contribution in [3.63, 3.8) is 0 Å². The van der Waals surface area contributed by atoms with Crippen molar-refractivity contribution in [3.05, 3.63) is 47.6 Å². The number of amides is 1. The van der Waals surface area contributed by atoms with Gasteiger partial charge >= 0.3 is 18.0 Å². The third-order valence-corrected chi connectivity index (χ3v) is 10.8. The van der Waals surface area contributed by atoms with E-state index in [4.69, 9.17) is 18.9 Å². The number of nitrogens with one attached hydrogen (secondary N) is 1. The first kappa shape index (κ1) is 39.4. The predicted octanol–water partition coefficient (Wildman–Crippen LogP) is 1.32. The van der Waals surface area contributed by atoms with Gasteiger partial charge in [-0.3, -0.25) is 9.59 Å². The molecular formula is C36H51NO13. The minimum atomic E-state index is -2.22. The number of carbonyl (C=O) groups excluding carboxylic acids is 4. The molecule has 3 fully saturated rings. The van der Waals surface area contributed by atoms with E-state index in [9.17, 15) is 44.7 Å². The Balaban J connectivity index is 1.75. The molecule has 2 unspecified atom stereocenters. The largest absolute Gasteiger partial charge is 0.456 e. The molecule has 3 aliphatic carbocycles. The second-order valence-electron chi connectivity index (χ2n) is 15.2. The van der Waals surface area contributed by atoms with Crippen LogP contribution < -0.4 is 5.32 Å². The fourth-order valence-electron chi connectivity index (χ4n) is 8.14. The molecule has 1 amide bonds. The lowest BCUT2D eigenvalue weighted by Gasteiger charge is -2.65. The van der Waals surface area contributed by atoms with Gasteiger partial charge in [0.05, 0.1) is 30.3 Å². The molecule has 0 aromatic heterocycles. The number of aliphatic hydroxyl groups excluding tert-OH is 4. The van der Waals surface area contributed by atoms with Crippen LogP contribution in [-0.4, -0.2) is 115 Å². The number of aliphatic hydroxyl groups is 5. The summed E-state index contributed by atoms with van der Waals surface area (Å²) in [5.74, 6) is -5.37. The summed E-state index contributed by atoms with van der Waals surface area (Å²) in [5.41, 5.74) is -6.12. The van der Waals surface area contributed by atoms with Crippen LogP contribution in [0.1, 0.15) is 68.2 Å². The zero-order valence-electron chi connectivity index (χ0n) is 29.8. The highest BCUT2D eigenvalue weighted by molar-refractivity contribution is 5.93. The predicted molar refractivity (Wildman–Crippen MR) is 177 cm³/mol. The number of Topliss-reactive ketones (excluding diaryl/α,β-unsaturated/α-hetero) is 1. The third kappa shape index (κ3) is 6.69. The van der Waals surface area contributed by atoms with Crippen LogP contribution in [0.5, 0.6) is 0 Å². The molecule has 2 saturated carbocycles. The van der Waals surface area contributed by atoms with E-state index >= 15 is 0 Å². The lowest BCUT2D eigenvalue weighted by atomic mass is 9.47. The maximum absolute atomic E-state index is 14.3. The molecule has 2 bridgehead atoms. The number of allylic oxidation sites excluding steroid dienone is 4. The zero-order chi connectivity index (χ0) is 37.7. The number of esters is 2. The molecule has 1 saturated heterocycles. The molecule has 4 aliphatic rings.